The van der Waals surface area contributed by atoms with Crippen molar-refractivity contribution in [2.24, 2.45) is 0 Å². The van der Waals surface area contributed by atoms with Crippen molar-refractivity contribution in [2.75, 3.05) is 6.61 Å². The number of fused-ring (bicyclic) bond motifs is 1. The van der Waals surface area contributed by atoms with Gasteiger partial charge in [0.2, 0.25) is 5.91 Å². The highest BCUT2D eigenvalue weighted by Crippen LogP contribution is 2.19. The summed E-state index contributed by atoms with van der Waals surface area (Å²) in [7, 11) is 0. The van der Waals surface area contributed by atoms with Crippen LogP contribution in [-0.4, -0.2) is 22.1 Å². The number of hydrogen-bond donors (Lipinski definition) is 1. The van der Waals surface area contributed by atoms with E-state index in [0.29, 0.717) is 19.1 Å². The molecule has 0 saturated carbocycles. The Morgan fingerprint density at radius 3 is 2.57 bits per heavy atom. The third-order valence-electron chi connectivity index (χ3n) is 4.82. The van der Waals surface area contributed by atoms with Crippen LogP contribution in [-0.2, 0) is 17.9 Å². The summed E-state index contributed by atoms with van der Waals surface area (Å²) in [5.74, 6) is 2.30. The molecule has 3 rings (SSSR count). The van der Waals surface area contributed by atoms with Gasteiger partial charge in [0.1, 0.15) is 11.6 Å². The summed E-state index contributed by atoms with van der Waals surface area (Å²) in [5.41, 5.74) is 3.39. The standard InChI is InChI=1S/C23H29N3O2/c1-17(2)19-10-12-20(13-11-19)28-15-7-6-14-26-22-9-5-4-8-21(22)25-23(26)16-24-18(3)27/h4-5,8-13,17H,6-7,14-16H2,1-3H3,(H,24,27). The van der Waals surface area contributed by atoms with Gasteiger partial charge in [0.05, 0.1) is 24.2 Å². The minimum Gasteiger partial charge on any atom is -0.494 e. The van der Waals surface area contributed by atoms with Crippen LogP contribution in [0, 0.1) is 0 Å². The second-order valence-electron chi connectivity index (χ2n) is 7.36. The Labute approximate surface area is 166 Å². The quantitative estimate of drug-likeness (QED) is 0.550. The number of hydrogen-bond acceptors (Lipinski definition) is 3. The number of nitrogens with zero attached hydrogens (tertiary/aromatic N) is 2. The molecule has 1 aromatic heterocycles. The number of rotatable bonds is 9. The molecule has 28 heavy (non-hydrogen) atoms. The number of aryl methyl sites for hydroxylation is 1. The summed E-state index contributed by atoms with van der Waals surface area (Å²) < 4.78 is 8.07. The molecule has 0 saturated heterocycles. The monoisotopic (exact) mass is 379 g/mol. The van der Waals surface area contributed by atoms with Gasteiger partial charge in [-0.1, -0.05) is 38.1 Å². The first kappa shape index (κ1) is 19.9. The lowest BCUT2D eigenvalue weighted by molar-refractivity contribution is -0.119. The molecule has 0 aliphatic carbocycles. The molecule has 0 unspecified atom stereocenters. The molecule has 2 aromatic carbocycles. The number of carbonyl (C=O) groups excluding carboxylic acids is 1. The van der Waals surface area contributed by atoms with E-state index in [1.54, 1.807) is 0 Å². The first-order valence-electron chi connectivity index (χ1n) is 9.96. The van der Waals surface area contributed by atoms with E-state index in [-0.39, 0.29) is 5.91 Å². The van der Waals surface area contributed by atoms with Crippen LogP contribution in [0.15, 0.2) is 48.5 Å². The summed E-state index contributed by atoms with van der Waals surface area (Å²) in [6.07, 6.45) is 1.94. The van der Waals surface area contributed by atoms with Gasteiger partial charge < -0.3 is 14.6 Å². The molecule has 0 bridgehead atoms. The number of imidazole rings is 1. The molecule has 0 fully saturated rings. The van der Waals surface area contributed by atoms with Crippen LogP contribution in [0.5, 0.6) is 5.75 Å². The van der Waals surface area contributed by atoms with Crippen LogP contribution in [0.1, 0.15) is 50.9 Å². The summed E-state index contributed by atoms with van der Waals surface area (Å²) in [6.45, 7) is 7.90. The number of para-hydroxylation sites is 2. The third-order valence-corrected chi connectivity index (χ3v) is 4.82. The van der Waals surface area contributed by atoms with Gasteiger partial charge in [0.25, 0.3) is 0 Å². The van der Waals surface area contributed by atoms with Gasteiger partial charge in [-0.25, -0.2) is 4.98 Å². The Morgan fingerprint density at radius 1 is 1.11 bits per heavy atom. The highest BCUT2D eigenvalue weighted by molar-refractivity contribution is 5.76. The molecule has 0 radical (unpaired) electrons. The van der Waals surface area contributed by atoms with E-state index in [2.05, 4.69) is 46.9 Å². The SMILES string of the molecule is CC(=O)NCc1nc2ccccc2n1CCCCOc1ccc(C(C)C)cc1. The fraction of sp³-hybridized carbons (Fsp3) is 0.391. The first-order valence-corrected chi connectivity index (χ1v) is 9.96. The minimum atomic E-state index is -0.0458. The maximum absolute atomic E-state index is 11.3. The number of amides is 1. The van der Waals surface area contributed by atoms with Gasteiger partial charge in [-0.05, 0) is 48.6 Å². The normalized spacial score (nSPS) is 11.1. The van der Waals surface area contributed by atoms with E-state index in [1.807, 2.05) is 30.3 Å². The van der Waals surface area contributed by atoms with E-state index < -0.39 is 0 Å². The smallest absolute Gasteiger partial charge is 0.217 e. The fourth-order valence-corrected chi connectivity index (χ4v) is 3.22. The van der Waals surface area contributed by atoms with Crippen molar-refractivity contribution in [1.82, 2.24) is 14.9 Å². The van der Waals surface area contributed by atoms with Gasteiger partial charge in [-0.2, -0.15) is 0 Å². The molecule has 148 valence electrons. The van der Waals surface area contributed by atoms with Crippen molar-refractivity contribution in [1.29, 1.82) is 0 Å². The molecule has 0 aliphatic heterocycles. The summed E-state index contributed by atoms with van der Waals surface area (Å²) in [6, 6.07) is 16.4. The van der Waals surface area contributed by atoms with E-state index in [9.17, 15) is 4.79 Å². The van der Waals surface area contributed by atoms with Crippen LogP contribution in [0.25, 0.3) is 11.0 Å². The van der Waals surface area contributed by atoms with Crippen molar-refractivity contribution >= 4 is 16.9 Å². The molecule has 1 amide bonds. The third kappa shape index (κ3) is 5.12. The molecule has 0 spiro atoms. The topological polar surface area (TPSA) is 56.2 Å². The van der Waals surface area contributed by atoms with Gasteiger partial charge >= 0.3 is 0 Å². The number of nitrogens with one attached hydrogen (secondary N) is 1. The predicted molar refractivity (Wildman–Crippen MR) is 113 cm³/mol. The lowest BCUT2D eigenvalue weighted by atomic mass is 10.0. The fourth-order valence-electron chi connectivity index (χ4n) is 3.22. The second-order valence-corrected chi connectivity index (χ2v) is 7.36. The molecular formula is C23H29N3O2. The maximum atomic E-state index is 11.3. The molecule has 0 aliphatic rings. The summed E-state index contributed by atoms with van der Waals surface area (Å²) >= 11 is 0. The molecule has 3 aromatic rings. The van der Waals surface area contributed by atoms with Crippen LogP contribution in [0.3, 0.4) is 0 Å². The van der Waals surface area contributed by atoms with E-state index in [4.69, 9.17) is 4.74 Å². The van der Waals surface area contributed by atoms with E-state index in [0.717, 1.165) is 42.0 Å². The Hall–Kier alpha value is -2.82. The molecule has 0 atom stereocenters. The Kier molecular flexibility index (Phi) is 6.69. The lowest BCUT2D eigenvalue weighted by Gasteiger charge is -2.11. The number of aromatic nitrogens is 2. The zero-order valence-electron chi connectivity index (χ0n) is 16.9. The molecule has 1 heterocycles. The maximum Gasteiger partial charge on any atom is 0.217 e. The number of unbranched alkanes of at least 4 members (excludes halogenated alkanes) is 1. The van der Waals surface area contributed by atoms with Crippen LogP contribution in [0.2, 0.25) is 0 Å². The Bertz CT molecular complexity index is 913. The zero-order chi connectivity index (χ0) is 19.9. The van der Waals surface area contributed by atoms with Crippen molar-refractivity contribution in [3.05, 3.63) is 59.9 Å². The van der Waals surface area contributed by atoms with Crippen LogP contribution in [0.4, 0.5) is 0 Å². The number of benzene rings is 2. The average Bonchev–Trinajstić information content (AvgIpc) is 3.04. The number of ether oxygens (including phenoxy) is 1. The molecule has 1 N–H and O–H groups in total. The summed E-state index contributed by atoms with van der Waals surface area (Å²) in [5, 5.41) is 2.85. The zero-order valence-corrected chi connectivity index (χ0v) is 16.9. The van der Waals surface area contributed by atoms with Crippen molar-refractivity contribution in [3.8, 4) is 5.75 Å². The first-order chi connectivity index (χ1) is 13.5. The Balaban J connectivity index is 1.54. The number of carbonyl (C=O) groups is 1. The highest BCUT2D eigenvalue weighted by atomic mass is 16.5. The van der Waals surface area contributed by atoms with Gasteiger partial charge in [-0.15, -0.1) is 0 Å². The van der Waals surface area contributed by atoms with E-state index in [1.165, 1.54) is 12.5 Å². The molecule has 5 nitrogen and oxygen atoms in total. The average molecular weight is 380 g/mol. The Morgan fingerprint density at radius 2 is 1.86 bits per heavy atom. The summed E-state index contributed by atoms with van der Waals surface area (Å²) in [4.78, 5) is 15.9. The van der Waals surface area contributed by atoms with Gasteiger partial charge in [0, 0.05) is 13.5 Å². The van der Waals surface area contributed by atoms with Gasteiger partial charge in [-0.3, -0.25) is 4.79 Å². The van der Waals surface area contributed by atoms with Gasteiger partial charge in [0.15, 0.2) is 0 Å². The largest absolute Gasteiger partial charge is 0.494 e. The predicted octanol–water partition coefficient (Wildman–Crippen LogP) is 4.66. The molecule has 5 heteroatoms. The van der Waals surface area contributed by atoms with Crippen LogP contribution < -0.4 is 10.1 Å². The second kappa shape index (κ2) is 9.40. The lowest BCUT2D eigenvalue weighted by Crippen LogP contribution is -2.21. The van der Waals surface area contributed by atoms with E-state index >= 15 is 0 Å². The van der Waals surface area contributed by atoms with Crippen molar-refractivity contribution in [2.45, 2.75) is 52.6 Å². The van der Waals surface area contributed by atoms with Crippen molar-refractivity contribution < 1.29 is 9.53 Å². The van der Waals surface area contributed by atoms with Crippen molar-refractivity contribution in [3.63, 3.8) is 0 Å². The minimum absolute atomic E-state index is 0.0458. The molecular weight excluding hydrogens is 350 g/mol. The van der Waals surface area contributed by atoms with Crippen LogP contribution >= 0.6 is 0 Å². The highest BCUT2D eigenvalue weighted by Gasteiger charge is 2.10.